The number of carbonyl (C=O) groups excluding carboxylic acids is 3. The molecule has 0 bridgehead atoms. The van der Waals surface area contributed by atoms with E-state index in [2.05, 4.69) is 5.32 Å². The lowest BCUT2D eigenvalue weighted by atomic mass is 9.73. The summed E-state index contributed by atoms with van der Waals surface area (Å²) in [5.41, 5.74) is -0.519. The quantitative estimate of drug-likeness (QED) is 0.861. The summed E-state index contributed by atoms with van der Waals surface area (Å²) in [6, 6.07) is 3.78. The van der Waals surface area contributed by atoms with Gasteiger partial charge in [0, 0.05) is 11.3 Å². The highest BCUT2D eigenvalue weighted by atomic mass is 32.1. The summed E-state index contributed by atoms with van der Waals surface area (Å²) in [6.45, 7) is 1.75. The second-order valence-corrected chi connectivity index (χ2v) is 7.59. The van der Waals surface area contributed by atoms with Crippen LogP contribution in [-0.2, 0) is 14.4 Å². The van der Waals surface area contributed by atoms with Crippen molar-refractivity contribution in [2.24, 2.45) is 5.41 Å². The Hall–Kier alpha value is -1.69. The predicted octanol–water partition coefficient (Wildman–Crippen LogP) is 2.63. The van der Waals surface area contributed by atoms with Gasteiger partial charge in [0.05, 0.1) is 11.5 Å². The van der Waals surface area contributed by atoms with Crippen molar-refractivity contribution >= 4 is 29.1 Å². The number of amides is 3. The van der Waals surface area contributed by atoms with E-state index in [0.717, 1.165) is 37.0 Å². The third-order valence-electron chi connectivity index (χ3n) is 4.95. The molecule has 3 rings (SSSR count). The number of hydrogen-bond donors (Lipinski definition) is 1. The average Bonchev–Trinajstić information content (AvgIpc) is 3.13. The summed E-state index contributed by atoms with van der Waals surface area (Å²) in [6.07, 6.45) is 4.95. The number of rotatable bonds is 4. The molecule has 2 aliphatic rings. The number of nitrogens with one attached hydrogen (secondary N) is 1. The van der Waals surface area contributed by atoms with E-state index >= 15 is 0 Å². The molecule has 1 unspecified atom stereocenters. The molecule has 1 aromatic rings. The molecule has 1 aliphatic carbocycles. The van der Waals surface area contributed by atoms with Gasteiger partial charge in [0.15, 0.2) is 0 Å². The second kappa shape index (κ2) is 6.43. The SMILES string of the molecule is CC(NC(=O)CN1C(=O)CC2(CCCCC2)C1=O)c1cccs1. The van der Waals surface area contributed by atoms with E-state index in [1.807, 2.05) is 24.4 Å². The Balaban J connectivity index is 1.62. The molecule has 3 amide bonds. The van der Waals surface area contributed by atoms with Crippen LogP contribution in [-0.4, -0.2) is 29.2 Å². The maximum absolute atomic E-state index is 12.7. The van der Waals surface area contributed by atoms with E-state index < -0.39 is 5.41 Å². The summed E-state index contributed by atoms with van der Waals surface area (Å²) >= 11 is 1.57. The monoisotopic (exact) mass is 334 g/mol. The maximum Gasteiger partial charge on any atom is 0.240 e. The molecule has 124 valence electrons. The number of carbonyl (C=O) groups is 3. The molecule has 5 nitrogen and oxygen atoms in total. The Morgan fingerprint density at radius 2 is 2.09 bits per heavy atom. The van der Waals surface area contributed by atoms with E-state index in [-0.39, 0.29) is 36.7 Å². The second-order valence-electron chi connectivity index (χ2n) is 6.61. The molecule has 0 aromatic carbocycles. The van der Waals surface area contributed by atoms with Gasteiger partial charge < -0.3 is 5.32 Å². The Morgan fingerprint density at radius 1 is 1.35 bits per heavy atom. The summed E-state index contributed by atoms with van der Waals surface area (Å²) in [5, 5.41) is 4.82. The first-order valence-corrected chi connectivity index (χ1v) is 9.07. The molecule has 1 atom stereocenters. The fourth-order valence-electron chi connectivity index (χ4n) is 3.68. The van der Waals surface area contributed by atoms with Crippen LogP contribution in [0.1, 0.15) is 56.4 Å². The summed E-state index contributed by atoms with van der Waals surface area (Å²) in [4.78, 5) is 39.3. The number of thiophene rings is 1. The van der Waals surface area contributed by atoms with Crippen molar-refractivity contribution in [2.75, 3.05) is 6.54 Å². The van der Waals surface area contributed by atoms with Gasteiger partial charge in [-0.3, -0.25) is 19.3 Å². The summed E-state index contributed by atoms with van der Waals surface area (Å²) in [7, 11) is 0. The number of nitrogens with zero attached hydrogens (tertiary/aromatic N) is 1. The van der Waals surface area contributed by atoms with Crippen molar-refractivity contribution in [3.8, 4) is 0 Å². The molecule has 6 heteroatoms. The molecular weight excluding hydrogens is 312 g/mol. The van der Waals surface area contributed by atoms with Crippen LogP contribution < -0.4 is 5.32 Å². The van der Waals surface area contributed by atoms with Crippen LogP contribution in [0.3, 0.4) is 0 Å². The minimum absolute atomic E-state index is 0.112. The molecule has 0 radical (unpaired) electrons. The highest BCUT2D eigenvalue weighted by molar-refractivity contribution is 7.10. The van der Waals surface area contributed by atoms with Gasteiger partial charge in [-0.2, -0.15) is 0 Å². The van der Waals surface area contributed by atoms with Crippen LogP contribution in [0.5, 0.6) is 0 Å². The molecule has 2 fully saturated rings. The van der Waals surface area contributed by atoms with Crippen molar-refractivity contribution in [1.29, 1.82) is 0 Å². The Bertz CT molecular complexity index is 605. The fourth-order valence-corrected chi connectivity index (χ4v) is 4.41. The van der Waals surface area contributed by atoms with E-state index in [0.29, 0.717) is 0 Å². The van der Waals surface area contributed by atoms with Crippen LogP contribution in [0, 0.1) is 5.41 Å². The fraction of sp³-hybridized carbons (Fsp3) is 0.588. The van der Waals surface area contributed by atoms with E-state index in [1.165, 1.54) is 4.90 Å². The van der Waals surface area contributed by atoms with Gasteiger partial charge in [-0.15, -0.1) is 11.3 Å². The Morgan fingerprint density at radius 3 is 2.74 bits per heavy atom. The van der Waals surface area contributed by atoms with Crippen molar-refractivity contribution in [3.05, 3.63) is 22.4 Å². The average molecular weight is 334 g/mol. The first-order chi connectivity index (χ1) is 11.0. The van der Waals surface area contributed by atoms with Gasteiger partial charge in [-0.25, -0.2) is 0 Å². The highest BCUT2D eigenvalue weighted by Crippen LogP contribution is 2.45. The lowest BCUT2D eigenvalue weighted by molar-refractivity contribution is -0.145. The van der Waals surface area contributed by atoms with Gasteiger partial charge in [0.25, 0.3) is 0 Å². The zero-order valence-electron chi connectivity index (χ0n) is 13.3. The van der Waals surface area contributed by atoms with E-state index in [9.17, 15) is 14.4 Å². The van der Waals surface area contributed by atoms with Crippen LogP contribution >= 0.6 is 11.3 Å². The van der Waals surface area contributed by atoms with Crippen molar-refractivity contribution in [2.45, 2.75) is 51.5 Å². The summed E-state index contributed by atoms with van der Waals surface area (Å²) in [5.74, 6) is -0.614. The van der Waals surface area contributed by atoms with Gasteiger partial charge in [0.2, 0.25) is 17.7 Å². The summed E-state index contributed by atoms with van der Waals surface area (Å²) < 4.78 is 0. The van der Waals surface area contributed by atoms with Gasteiger partial charge in [0.1, 0.15) is 6.54 Å². The van der Waals surface area contributed by atoms with Crippen LogP contribution in [0.2, 0.25) is 0 Å². The zero-order chi connectivity index (χ0) is 16.4. The molecule has 23 heavy (non-hydrogen) atoms. The van der Waals surface area contributed by atoms with Crippen molar-refractivity contribution in [3.63, 3.8) is 0 Å². The Kier molecular flexibility index (Phi) is 4.53. The first-order valence-electron chi connectivity index (χ1n) is 8.19. The predicted molar refractivity (Wildman–Crippen MR) is 87.7 cm³/mol. The molecular formula is C17H22N2O3S. The minimum atomic E-state index is -0.519. The van der Waals surface area contributed by atoms with E-state index in [1.54, 1.807) is 11.3 Å². The molecule has 1 saturated carbocycles. The lowest BCUT2D eigenvalue weighted by Gasteiger charge is -2.30. The molecule has 1 saturated heterocycles. The van der Waals surface area contributed by atoms with Gasteiger partial charge >= 0.3 is 0 Å². The van der Waals surface area contributed by atoms with Gasteiger partial charge in [-0.1, -0.05) is 25.3 Å². The van der Waals surface area contributed by atoms with Crippen molar-refractivity contribution < 1.29 is 14.4 Å². The molecule has 1 aliphatic heterocycles. The smallest absolute Gasteiger partial charge is 0.240 e. The number of imide groups is 1. The third-order valence-corrected chi connectivity index (χ3v) is 6.00. The first kappa shape index (κ1) is 16.2. The maximum atomic E-state index is 12.7. The number of hydrogen-bond acceptors (Lipinski definition) is 4. The molecule has 1 spiro atoms. The highest BCUT2D eigenvalue weighted by Gasteiger charge is 2.51. The van der Waals surface area contributed by atoms with Crippen LogP contribution in [0.25, 0.3) is 0 Å². The molecule has 1 aromatic heterocycles. The largest absolute Gasteiger partial charge is 0.347 e. The van der Waals surface area contributed by atoms with Gasteiger partial charge in [-0.05, 0) is 31.2 Å². The lowest BCUT2D eigenvalue weighted by Crippen LogP contribution is -2.43. The number of likely N-dealkylation sites (tertiary alicyclic amines) is 1. The standard InChI is InChI=1S/C17H22N2O3S/c1-12(13-6-5-9-23-13)18-14(20)11-19-15(21)10-17(16(19)22)7-3-2-4-8-17/h5-6,9,12H,2-4,7-8,10-11H2,1H3,(H,18,20). The molecule has 1 N–H and O–H groups in total. The normalized spacial score (nSPS) is 21.7. The van der Waals surface area contributed by atoms with Crippen LogP contribution in [0.15, 0.2) is 17.5 Å². The minimum Gasteiger partial charge on any atom is -0.347 e. The topological polar surface area (TPSA) is 66.5 Å². The van der Waals surface area contributed by atoms with Crippen molar-refractivity contribution in [1.82, 2.24) is 10.2 Å². The Labute approximate surface area is 140 Å². The molecule has 2 heterocycles. The van der Waals surface area contributed by atoms with Crippen LogP contribution in [0.4, 0.5) is 0 Å². The van der Waals surface area contributed by atoms with E-state index in [4.69, 9.17) is 0 Å². The third kappa shape index (κ3) is 3.17. The zero-order valence-corrected chi connectivity index (χ0v) is 14.2.